The van der Waals surface area contributed by atoms with Crippen LogP contribution in [-0.2, 0) is 15.1 Å². The van der Waals surface area contributed by atoms with Gasteiger partial charge in [0.2, 0.25) is 5.91 Å². The van der Waals surface area contributed by atoms with Crippen molar-refractivity contribution in [1.29, 1.82) is 5.26 Å². The molecule has 0 atom stereocenters. The number of carbonyl (C=O) groups excluding carboxylic acids is 3. The molecule has 1 aliphatic heterocycles. The highest BCUT2D eigenvalue weighted by Crippen LogP contribution is 2.36. The maximum atomic E-state index is 13.8. The number of nitrogens with zero attached hydrogens (tertiary/aromatic N) is 3. The summed E-state index contributed by atoms with van der Waals surface area (Å²) in [7, 11) is 0. The number of amides is 4. The van der Waals surface area contributed by atoms with Crippen molar-refractivity contribution >= 4 is 35.1 Å². The lowest BCUT2D eigenvalue weighted by molar-refractivity contribution is -0.133. The third-order valence-electron chi connectivity index (χ3n) is 5.68. The summed E-state index contributed by atoms with van der Waals surface area (Å²) in [6.07, 6.45) is 0.0797. The Kier molecular flexibility index (Phi) is 6.62. The fraction of sp³-hybridized carbons (Fsp3) is 0.154. The van der Waals surface area contributed by atoms with Crippen molar-refractivity contribution in [2.45, 2.75) is 12.0 Å². The fourth-order valence-electron chi connectivity index (χ4n) is 4.08. The average molecular weight is 473 g/mol. The second-order valence-corrected chi connectivity index (χ2v) is 8.17. The molecule has 3 aromatic rings. The summed E-state index contributed by atoms with van der Waals surface area (Å²) < 4.78 is 0. The number of halogens is 1. The van der Waals surface area contributed by atoms with Gasteiger partial charge in [0.05, 0.1) is 12.5 Å². The molecule has 1 aliphatic rings. The third kappa shape index (κ3) is 4.24. The fourth-order valence-corrected chi connectivity index (χ4v) is 4.26. The molecular weight excluding hydrogens is 452 g/mol. The molecule has 4 rings (SSSR count). The molecule has 1 N–H and O–H groups in total. The highest BCUT2D eigenvalue weighted by atomic mass is 35.5. The summed E-state index contributed by atoms with van der Waals surface area (Å²) in [4.78, 5) is 42.4. The Morgan fingerprint density at radius 2 is 1.59 bits per heavy atom. The van der Waals surface area contributed by atoms with Gasteiger partial charge in [0.25, 0.3) is 5.91 Å². The molecule has 0 radical (unpaired) electrons. The van der Waals surface area contributed by atoms with Crippen LogP contribution in [0.5, 0.6) is 0 Å². The zero-order valence-electron chi connectivity index (χ0n) is 18.1. The molecule has 4 amide bonds. The molecule has 0 bridgehead atoms. The van der Waals surface area contributed by atoms with Crippen molar-refractivity contribution < 1.29 is 14.4 Å². The predicted octanol–water partition coefficient (Wildman–Crippen LogP) is 4.08. The van der Waals surface area contributed by atoms with E-state index in [1.807, 2.05) is 18.2 Å². The van der Waals surface area contributed by atoms with Gasteiger partial charge in [0.1, 0.15) is 6.54 Å². The van der Waals surface area contributed by atoms with Gasteiger partial charge in [-0.3, -0.25) is 14.5 Å². The third-order valence-corrected chi connectivity index (χ3v) is 5.92. The van der Waals surface area contributed by atoms with Crippen LogP contribution in [0.3, 0.4) is 0 Å². The van der Waals surface area contributed by atoms with Gasteiger partial charge >= 0.3 is 6.03 Å². The van der Waals surface area contributed by atoms with E-state index in [-0.39, 0.29) is 13.0 Å². The highest BCUT2D eigenvalue weighted by Gasteiger charge is 2.54. The number of carbonyl (C=O) groups is 3. The van der Waals surface area contributed by atoms with E-state index in [0.717, 1.165) is 4.90 Å². The molecule has 0 aliphatic carbocycles. The number of nitriles is 1. The van der Waals surface area contributed by atoms with Gasteiger partial charge in [0.15, 0.2) is 5.54 Å². The molecule has 0 aromatic heterocycles. The molecule has 1 saturated heterocycles. The topological polar surface area (TPSA) is 93.5 Å². The van der Waals surface area contributed by atoms with Crippen molar-refractivity contribution in [3.8, 4) is 6.07 Å². The molecular formula is C26H21ClN4O3. The van der Waals surface area contributed by atoms with E-state index in [1.165, 1.54) is 4.90 Å². The molecule has 8 heteroatoms. The van der Waals surface area contributed by atoms with Crippen molar-refractivity contribution in [3.63, 3.8) is 0 Å². The van der Waals surface area contributed by atoms with Crippen LogP contribution >= 0.6 is 11.6 Å². The van der Waals surface area contributed by atoms with E-state index in [1.54, 1.807) is 72.8 Å². The number of benzene rings is 3. The van der Waals surface area contributed by atoms with Gasteiger partial charge in [-0.2, -0.15) is 5.26 Å². The Morgan fingerprint density at radius 1 is 0.971 bits per heavy atom. The molecule has 1 heterocycles. The van der Waals surface area contributed by atoms with Crippen LogP contribution in [0.15, 0.2) is 84.9 Å². The molecule has 7 nitrogen and oxygen atoms in total. The van der Waals surface area contributed by atoms with E-state index in [4.69, 9.17) is 16.9 Å². The Morgan fingerprint density at radius 3 is 2.15 bits per heavy atom. The smallest absolute Gasteiger partial charge is 0.315 e. The molecule has 0 spiro atoms. The summed E-state index contributed by atoms with van der Waals surface area (Å²) in [5.41, 5.74) is 0.210. The second-order valence-electron chi connectivity index (χ2n) is 7.74. The lowest BCUT2D eigenvalue weighted by Crippen LogP contribution is -2.46. The maximum absolute atomic E-state index is 13.8. The molecule has 1 fully saturated rings. The number of urea groups is 1. The number of anilines is 1. The first kappa shape index (κ1) is 23.0. The summed E-state index contributed by atoms with van der Waals surface area (Å²) in [5, 5.41) is 12.3. The van der Waals surface area contributed by atoms with E-state index in [0.29, 0.717) is 21.8 Å². The lowest BCUT2D eigenvalue weighted by atomic mass is 9.82. The molecule has 0 saturated carbocycles. The Labute approximate surface area is 202 Å². The van der Waals surface area contributed by atoms with Gasteiger partial charge in [-0.25, -0.2) is 4.79 Å². The van der Waals surface area contributed by atoms with Gasteiger partial charge in [0, 0.05) is 17.3 Å². The maximum Gasteiger partial charge on any atom is 0.326 e. The number of nitrogens with one attached hydrogen (secondary N) is 1. The standard InChI is InChI=1S/C26H21ClN4O3/c27-21-13-7-14-22(17-21)30(16-8-15-28)23(32)18-31-24(33)26(29-25(31)34,19-9-3-1-4-10-19)20-11-5-2-6-12-20/h1-7,9-14,17H,8,16,18H2,(H,29,34). The van der Waals surface area contributed by atoms with Crippen LogP contribution in [0.2, 0.25) is 5.02 Å². The zero-order chi connectivity index (χ0) is 24.1. The molecule has 3 aromatic carbocycles. The number of hydrogen-bond donors (Lipinski definition) is 1. The van der Waals surface area contributed by atoms with Gasteiger partial charge in [-0.15, -0.1) is 0 Å². The zero-order valence-corrected chi connectivity index (χ0v) is 18.9. The van der Waals surface area contributed by atoms with Crippen LogP contribution in [-0.4, -0.2) is 35.8 Å². The highest BCUT2D eigenvalue weighted by molar-refractivity contribution is 6.31. The number of imide groups is 1. The summed E-state index contributed by atoms with van der Waals surface area (Å²) >= 11 is 6.09. The van der Waals surface area contributed by atoms with Crippen LogP contribution in [0.4, 0.5) is 10.5 Å². The van der Waals surface area contributed by atoms with Crippen LogP contribution in [0, 0.1) is 11.3 Å². The minimum atomic E-state index is -1.45. The first-order valence-corrected chi connectivity index (χ1v) is 11.0. The first-order valence-electron chi connectivity index (χ1n) is 10.7. The summed E-state index contributed by atoms with van der Waals surface area (Å²) in [6, 6.07) is 25.8. The Bertz CT molecular complexity index is 1220. The second kappa shape index (κ2) is 9.77. The summed E-state index contributed by atoms with van der Waals surface area (Å²) in [6.45, 7) is -0.383. The predicted molar refractivity (Wildman–Crippen MR) is 128 cm³/mol. The van der Waals surface area contributed by atoms with Crippen molar-refractivity contribution in [2.75, 3.05) is 18.0 Å². The van der Waals surface area contributed by atoms with E-state index < -0.39 is 29.9 Å². The number of rotatable bonds is 7. The van der Waals surface area contributed by atoms with Gasteiger partial charge in [-0.1, -0.05) is 78.3 Å². The molecule has 34 heavy (non-hydrogen) atoms. The van der Waals surface area contributed by atoms with Crippen molar-refractivity contribution in [1.82, 2.24) is 10.2 Å². The minimum Gasteiger partial charge on any atom is -0.315 e. The van der Waals surface area contributed by atoms with Crippen LogP contribution in [0.25, 0.3) is 0 Å². The van der Waals surface area contributed by atoms with Crippen molar-refractivity contribution in [3.05, 3.63) is 101 Å². The van der Waals surface area contributed by atoms with E-state index >= 15 is 0 Å². The SMILES string of the molecule is N#CCCN(C(=O)CN1C(=O)NC(c2ccccc2)(c2ccccc2)C1=O)c1cccc(Cl)c1. The van der Waals surface area contributed by atoms with Gasteiger partial charge < -0.3 is 10.2 Å². The van der Waals surface area contributed by atoms with E-state index in [9.17, 15) is 14.4 Å². The molecule has 0 unspecified atom stereocenters. The largest absolute Gasteiger partial charge is 0.326 e. The lowest BCUT2D eigenvalue weighted by Gasteiger charge is -2.28. The minimum absolute atomic E-state index is 0.0797. The Hall–Kier alpha value is -4.15. The van der Waals surface area contributed by atoms with Crippen molar-refractivity contribution in [2.24, 2.45) is 0 Å². The molecule has 170 valence electrons. The first-order chi connectivity index (χ1) is 16.5. The van der Waals surface area contributed by atoms with Gasteiger partial charge in [-0.05, 0) is 29.3 Å². The van der Waals surface area contributed by atoms with Crippen LogP contribution in [0.1, 0.15) is 17.5 Å². The quantitative estimate of drug-likeness (QED) is 0.524. The number of hydrogen-bond acceptors (Lipinski definition) is 4. The monoisotopic (exact) mass is 472 g/mol. The average Bonchev–Trinajstić information content (AvgIpc) is 3.11. The van der Waals surface area contributed by atoms with Crippen LogP contribution < -0.4 is 10.2 Å². The van der Waals surface area contributed by atoms with E-state index in [2.05, 4.69) is 5.32 Å². The normalized spacial score (nSPS) is 14.4. The summed E-state index contributed by atoms with van der Waals surface area (Å²) in [5.74, 6) is -1.05. The Balaban J connectivity index is 1.68.